The highest BCUT2D eigenvalue weighted by molar-refractivity contribution is 9.10. The standard InChI is InChI=1S/C8H10BrN2O8P/c9-3-2-11(8(14)10-6(3)13)5-1-4(12)7(18-5)19-20(15,16)17/h2,4-5,7,12H,1H2,(H,10,13,14)(H2,15,16,17)/t4-,5+,7+/m0/s1. The highest BCUT2D eigenvalue weighted by atomic mass is 79.9. The van der Waals surface area contributed by atoms with Crippen molar-refractivity contribution in [1.82, 2.24) is 9.55 Å². The molecule has 1 aliphatic rings. The number of phosphoric ester groups is 1. The molecule has 20 heavy (non-hydrogen) atoms. The van der Waals surface area contributed by atoms with Gasteiger partial charge in [0.05, 0.1) is 4.47 Å². The Morgan fingerprint density at radius 1 is 1.50 bits per heavy atom. The van der Waals surface area contributed by atoms with E-state index in [2.05, 4.69) is 20.5 Å². The van der Waals surface area contributed by atoms with Gasteiger partial charge in [0, 0.05) is 12.6 Å². The number of aliphatic hydroxyl groups excluding tert-OH is 1. The number of aliphatic hydroxyl groups is 1. The van der Waals surface area contributed by atoms with Gasteiger partial charge in [-0.3, -0.25) is 18.9 Å². The third-order valence-corrected chi connectivity index (χ3v) is 3.57. The Kier molecular flexibility index (Phi) is 4.30. The average Bonchev–Trinajstić information content (AvgIpc) is 2.63. The maximum absolute atomic E-state index is 11.6. The molecule has 0 aromatic carbocycles. The number of nitrogens with zero attached hydrogens (tertiary/aromatic N) is 1. The minimum absolute atomic E-state index is 0.0644. The average molecular weight is 373 g/mol. The minimum atomic E-state index is -4.84. The minimum Gasteiger partial charge on any atom is -0.388 e. The summed E-state index contributed by atoms with van der Waals surface area (Å²) in [6, 6.07) is 0. The second kappa shape index (κ2) is 5.53. The van der Waals surface area contributed by atoms with E-state index in [4.69, 9.17) is 14.5 Å². The number of H-pyrrole nitrogens is 1. The van der Waals surface area contributed by atoms with Gasteiger partial charge in [0.25, 0.3) is 5.56 Å². The molecule has 1 saturated heterocycles. The van der Waals surface area contributed by atoms with Crippen LogP contribution in [0.15, 0.2) is 20.3 Å². The van der Waals surface area contributed by atoms with Crippen molar-refractivity contribution >= 4 is 23.8 Å². The van der Waals surface area contributed by atoms with Crippen LogP contribution in [0.1, 0.15) is 12.6 Å². The van der Waals surface area contributed by atoms with E-state index in [0.29, 0.717) is 0 Å². The first-order valence-corrected chi connectivity index (χ1v) is 7.58. The summed E-state index contributed by atoms with van der Waals surface area (Å²) >= 11 is 2.93. The Bertz CT molecular complexity index is 665. The summed E-state index contributed by atoms with van der Waals surface area (Å²) in [4.78, 5) is 42.1. The summed E-state index contributed by atoms with van der Waals surface area (Å²) in [6.07, 6.45) is -2.91. The van der Waals surface area contributed by atoms with Crippen LogP contribution in [-0.4, -0.2) is 36.8 Å². The molecule has 1 aliphatic heterocycles. The van der Waals surface area contributed by atoms with Crippen LogP contribution in [0.5, 0.6) is 0 Å². The van der Waals surface area contributed by atoms with Crippen molar-refractivity contribution in [2.45, 2.75) is 25.0 Å². The molecule has 112 valence electrons. The number of aromatic nitrogens is 2. The summed E-state index contributed by atoms with van der Waals surface area (Å²) in [5.41, 5.74) is -1.42. The van der Waals surface area contributed by atoms with E-state index < -0.39 is 37.7 Å². The smallest absolute Gasteiger partial charge is 0.388 e. The van der Waals surface area contributed by atoms with E-state index in [1.165, 1.54) is 0 Å². The molecule has 0 radical (unpaired) electrons. The lowest BCUT2D eigenvalue weighted by Gasteiger charge is -2.16. The molecule has 0 spiro atoms. The number of hydrogen-bond acceptors (Lipinski definition) is 6. The van der Waals surface area contributed by atoms with Crippen LogP contribution in [0.3, 0.4) is 0 Å². The Morgan fingerprint density at radius 2 is 2.15 bits per heavy atom. The zero-order valence-electron chi connectivity index (χ0n) is 9.67. The van der Waals surface area contributed by atoms with Crippen molar-refractivity contribution < 1.29 is 28.7 Å². The first kappa shape index (κ1) is 15.6. The van der Waals surface area contributed by atoms with E-state index in [1.807, 2.05) is 4.98 Å². The maximum Gasteiger partial charge on any atom is 0.472 e. The molecule has 0 amide bonds. The number of rotatable bonds is 3. The first-order chi connectivity index (χ1) is 9.17. The molecule has 10 nitrogen and oxygen atoms in total. The fraction of sp³-hybridized carbons (Fsp3) is 0.500. The van der Waals surface area contributed by atoms with Crippen LogP contribution < -0.4 is 11.2 Å². The number of aromatic amines is 1. The lowest BCUT2D eigenvalue weighted by atomic mass is 10.2. The van der Waals surface area contributed by atoms with E-state index in [0.717, 1.165) is 10.8 Å². The fourth-order valence-electron chi connectivity index (χ4n) is 1.70. The fourth-order valence-corrected chi connectivity index (χ4v) is 2.48. The van der Waals surface area contributed by atoms with Crippen LogP contribution in [0.2, 0.25) is 0 Å². The molecular formula is C8H10BrN2O8P. The lowest BCUT2D eigenvalue weighted by Crippen LogP contribution is -2.32. The van der Waals surface area contributed by atoms with Crippen LogP contribution >= 0.6 is 23.8 Å². The predicted octanol–water partition coefficient (Wildman–Crippen LogP) is -0.986. The molecule has 0 aliphatic carbocycles. The van der Waals surface area contributed by atoms with Crippen LogP contribution in [0, 0.1) is 0 Å². The molecule has 4 N–H and O–H groups in total. The SMILES string of the molecule is O=c1[nH]c(=O)n([C@H]2C[C@H](O)[C@@H](OP(=O)(O)O)O2)cc1Br. The van der Waals surface area contributed by atoms with Gasteiger partial charge in [-0.2, -0.15) is 0 Å². The van der Waals surface area contributed by atoms with Crippen molar-refractivity contribution in [1.29, 1.82) is 0 Å². The summed E-state index contributed by atoms with van der Waals surface area (Å²) in [7, 11) is -4.84. The third kappa shape index (κ3) is 3.44. The molecular weight excluding hydrogens is 363 g/mol. The lowest BCUT2D eigenvalue weighted by molar-refractivity contribution is -0.135. The molecule has 2 heterocycles. The van der Waals surface area contributed by atoms with Crippen molar-refractivity contribution in [3.8, 4) is 0 Å². The largest absolute Gasteiger partial charge is 0.472 e. The van der Waals surface area contributed by atoms with Gasteiger partial charge >= 0.3 is 13.5 Å². The highest BCUT2D eigenvalue weighted by Crippen LogP contribution is 2.42. The Labute approximate surface area is 119 Å². The van der Waals surface area contributed by atoms with Gasteiger partial charge in [0.2, 0.25) is 0 Å². The van der Waals surface area contributed by atoms with E-state index in [-0.39, 0.29) is 10.9 Å². The van der Waals surface area contributed by atoms with Crippen LogP contribution in [0.25, 0.3) is 0 Å². The Balaban J connectivity index is 2.25. The molecule has 0 saturated carbocycles. The van der Waals surface area contributed by atoms with Crippen molar-refractivity contribution in [3.63, 3.8) is 0 Å². The molecule has 1 fully saturated rings. The van der Waals surface area contributed by atoms with Crippen molar-refractivity contribution in [2.24, 2.45) is 0 Å². The number of hydrogen-bond donors (Lipinski definition) is 4. The second-order valence-electron chi connectivity index (χ2n) is 4.00. The van der Waals surface area contributed by atoms with Gasteiger partial charge in [-0.05, 0) is 15.9 Å². The van der Waals surface area contributed by atoms with E-state index in [9.17, 15) is 19.3 Å². The molecule has 1 aromatic rings. The van der Waals surface area contributed by atoms with Gasteiger partial charge < -0.3 is 19.6 Å². The number of halogens is 1. The monoisotopic (exact) mass is 372 g/mol. The van der Waals surface area contributed by atoms with Crippen LogP contribution in [0.4, 0.5) is 0 Å². The predicted molar refractivity (Wildman–Crippen MR) is 66.7 cm³/mol. The van der Waals surface area contributed by atoms with Crippen LogP contribution in [-0.2, 0) is 13.8 Å². The summed E-state index contributed by atoms with van der Waals surface area (Å²) in [6.45, 7) is 0. The Morgan fingerprint density at radius 3 is 2.75 bits per heavy atom. The number of phosphoric acid groups is 1. The Hall–Kier alpha value is -0.810. The zero-order valence-corrected chi connectivity index (χ0v) is 12.2. The van der Waals surface area contributed by atoms with Gasteiger partial charge in [-0.15, -0.1) is 0 Å². The third-order valence-electron chi connectivity index (χ3n) is 2.52. The van der Waals surface area contributed by atoms with Gasteiger partial charge in [0.1, 0.15) is 12.3 Å². The highest BCUT2D eigenvalue weighted by Gasteiger charge is 2.40. The van der Waals surface area contributed by atoms with Gasteiger partial charge in [-0.25, -0.2) is 9.36 Å². The molecule has 12 heteroatoms. The van der Waals surface area contributed by atoms with Gasteiger partial charge in [-0.1, -0.05) is 0 Å². The molecule has 0 bridgehead atoms. The van der Waals surface area contributed by atoms with E-state index in [1.54, 1.807) is 0 Å². The number of nitrogens with one attached hydrogen (secondary N) is 1. The quantitative estimate of drug-likeness (QED) is 0.494. The summed E-state index contributed by atoms with van der Waals surface area (Å²) < 4.78 is 21.1. The molecule has 3 atom stereocenters. The molecule has 1 aromatic heterocycles. The topological polar surface area (TPSA) is 151 Å². The zero-order chi connectivity index (χ0) is 15.1. The summed E-state index contributed by atoms with van der Waals surface area (Å²) in [5, 5.41) is 9.61. The summed E-state index contributed by atoms with van der Waals surface area (Å²) in [5.74, 6) is 0. The first-order valence-electron chi connectivity index (χ1n) is 5.26. The normalized spacial score (nSPS) is 26.9. The molecule has 2 rings (SSSR count). The van der Waals surface area contributed by atoms with Crippen molar-refractivity contribution in [3.05, 3.63) is 31.5 Å². The molecule has 0 unspecified atom stereocenters. The van der Waals surface area contributed by atoms with Gasteiger partial charge in [0.15, 0.2) is 6.29 Å². The number of ether oxygens (including phenoxy) is 1. The van der Waals surface area contributed by atoms with Crippen molar-refractivity contribution in [2.75, 3.05) is 0 Å². The maximum atomic E-state index is 11.6. The van der Waals surface area contributed by atoms with E-state index >= 15 is 0 Å². The second-order valence-corrected chi connectivity index (χ2v) is 6.05.